The monoisotopic (exact) mass is 260 g/mol. The largest absolute Gasteiger partial charge is 0.381 e. The van der Waals surface area contributed by atoms with Gasteiger partial charge in [0.2, 0.25) is 0 Å². The van der Waals surface area contributed by atoms with Crippen LogP contribution < -0.4 is 0 Å². The first-order valence-electron chi connectivity index (χ1n) is 6.03. The van der Waals surface area contributed by atoms with Crippen molar-refractivity contribution in [3.8, 4) is 11.3 Å². The summed E-state index contributed by atoms with van der Waals surface area (Å²) in [6, 6.07) is 12.0. The second kappa shape index (κ2) is 6.42. The zero-order valence-corrected chi connectivity index (χ0v) is 11.2. The minimum Gasteiger partial charge on any atom is -0.381 e. The van der Waals surface area contributed by atoms with Gasteiger partial charge in [0, 0.05) is 18.7 Å². The fraction of sp³-hybridized carbons (Fsp3) is 0.286. The number of benzene rings is 1. The molecule has 94 valence electrons. The third-order valence-corrected chi connectivity index (χ3v) is 2.77. The fourth-order valence-corrected chi connectivity index (χ4v) is 1.94. The summed E-state index contributed by atoms with van der Waals surface area (Å²) in [7, 11) is 0. The zero-order chi connectivity index (χ0) is 12.8. The molecule has 0 aliphatic carbocycles. The number of ether oxygens (including phenoxy) is 1. The van der Waals surface area contributed by atoms with Gasteiger partial charge < -0.3 is 9.72 Å². The smallest absolute Gasteiger partial charge is 0.130 e. The summed E-state index contributed by atoms with van der Waals surface area (Å²) in [5, 5.41) is 0. The molecule has 3 nitrogen and oxygen atoms in total. The molecule has 4 heteroatoms. The molecule has 2 aromatic rings. The molecule has 0 aliphatic rings. The second-order valence-corrected chi connectivity index (χ2v) is 4.31. The SMILES string of the molecule is CCOCCc1nc(=S)cc(-c2ccccc2)[nH]1. The van der Waals surface area contributed by atoms with E-state index >= 15 is 0 Å². The van der Waals surface area contributed by atoms with Gasteiger partial charge in [-0.1, -0.05) is 42.5 Å². The second-order valence-electron chi connectivity index (χ2n) is 3.89. The molecule has 18 heavy (non-hydrogen) atoms. The van der Waals surface area contributed by atoms with Crippen molar-refractivity contribution >= 4 is 12.2 Å². The molecule has 0 unspecified atom stereocenters. The van der Waals surface area contributed by atoms with Crippen molar-refractivity contribution in [1.82, 2.24) is 9.97 Å². The van der Waals surface area contributed by atoms with E-state index in [4.69, 9.17) is 17.0 Å². The molecule has 0 bridgehead atoms. The van der Waals surface area contributed by atoms with Crippen molar-refractivity contribution in [2.75, 3.05) is 13.2 Å². The minimum atomic E-state index is 0.610. The lowest BCUT2D eigenvalue weighted by molar-refractivity contribution is 0.149. The maximum Gasteiger partial charge on any atom is 0.130 e. The van der Waals surface area contributed by atoms with Crippen molar-refractivity contribution < 1.29 is 4.74 Å². The molecule has 1 N–H and O–H groups in total. The molecule has 0 saturated carbocycles. The van der Waals surface area contributed by atoms with E-state index in [1.807, 2.05) is 43.3 Å². The molecular weight excluding hydrogens is 244 g/mol. The van der Waals surface area contributed by atoms with Crippen LogP contribution in [-0.4, -0.2) is 23.2 Å². The number of H-pyrrole nitrogens is 1. The Kier molecular flexibility index (Phi) is 4.61. The van der Waals surface area contributed by atoms with Gasteiger partial charge in [0.15, 0.2) is 0 Å². The number of hydrogen-bond donors (Lipinski definition) is 1. The summed E-state index contributed by atoms with van der Waals surface area (Å²) in [5.74, 6) is 0.870. The van der Waals surface area contributed by atoms with Crippen LogP contribution in [0.25, 0.3) is 11.3 Å². The molecular formula is C14H16N2OS. The molecule has 2 rings (SSSR count). The lowest BCUT2D eigenvalue weighted by atomic mass is 10.1. The van der Waals surface area contributed by atoms with Gasteiger partial charge in [0.05, 0.1) is 6.61 Å². The molecule has 1 aromatic heterocycles. The Balaban J connectivity index is 2.24. The highest BCUT2D eigenvalue weighted by molar-refractivity contribution is 7.71. The third kappa shape index (κ3) is 3.48. The van der Waals surface area contributed by atoms with E-state index in [-0.39, 0.29) is 0 Å². The number of nitrogens with one attached hydrogen (secondary N) is 1. The number of rotatable bonds is 5. The van der Waals surface area contributed by atoms with Crippen molar-refractivity contribution in [3.63, 3.8) is 0 Å². The highest BCUT2D eigenvalue weighted by atomic mass is 32.1. The van der Waals surface area contributed by atoms with Crippen LogP contribution in [0.2, 0.25) is 0 Å². The van der Waals surface area contributed by atoms with Crippen molar-refractivity contribution in [2.45, 2.75) is 13.3 Å². The van der Waals surface area contributed by atoms with Gasteiger partial charge in [0.1, 0.15) is 10.5 Å². The van der Waals surface area contributed by atoms with Crippen LogP contribution in [-0.2, 0) is 11.2 Å². The maximum absolute atomic E-state index is 5.33. The number of hydrogen-bond acceptors (Lipinski definition) is 3. The Labute approximate surface area is 112 Å². The summed E-state index contributed by atoms with van der Waals surface area (Å²) in [6.45, 7) is 3.36. The van der Waals surface area contributed by atoms with Crippen LogP contribution in [0, 0.1) is 4.64 Å². The highest BCUT2D eigenvalue weighted by Gasteiger charge is 2.01. The van der Waals surface area contributed by atoms with Gasteiger partial charge in [-0.3, -0.25) is 0 Å². The summed E-state index contributed by atoms with van der Waals surface area (Å²) < 4.78 is 5.94. The van der Waals surface area contributed by atoms with Gasteiger partial charge in [-0.2, -0.15) is 0 Å². The van der Waals surface area contributed by atoms with Crippen molar-refractivity contribution in [3.05, 3.63) is 46.9 Å². The van der Waals surface area contributed by atoms with E-state index in [9.17, 15) is 0 Å². The standard InChI is InChI=1S/C14H16N2OS/c1-2-17-9-8-13-15-12(10-14(18)16-13)11-6-4-3-5-7-11/h3-7,10H,2,8-9H2,1H3,(H,15,16,18). The predicted molar refractivity (Wildman–Crippen MR) is 75.1 cm³/mol. The zero-order valence-electron chi connectivity index (χ0n) is 10.3. The average Bonchev–Trinajstić information content (AvgIpc) is 2.39. The summed E-state index contributed by atoms with van der Waals surface area (Å²) >= 11 is 5.19. The normalized spacial score (nSPS) is 10.5. The Bertz CT molecular complexity index is 551. The summed E-state index contributed by atoms with van der Waals surface area (Å²) in [4.78, 5) is 7.61. The van der Waals surface area contributed by atoms with Crippen LogP contribution in [0.15, 0.2) is 36.4 Å². The summed E-state index contributed by atoms with van der Waals surface area (Å²) in [5.41, 5.74) is 2.12. The van der Waals surface area contributed by atoms with Crippen LogP contribution in [0.4, 0.5) is 0 Å². The average molecular weight is 260 g/mol. The molecule has 0 fully saturated rings. The number of aromatic amines is 1. The van der Waals surface area contributed by atoms with Gasteiger partial charge in [-0.05, 0) is 18.6 Å². The molecule has 0 aliphatic heterocycles. The van der Waals surface area contributed by atoms with Gasteiger partial charge in [-0.25, -0.2) is 4.98 Å². The van der Waals surface area contributed by atoms with E-state index in [2.05, 4.69) is 9.97 Å². The van der Waals surface area contributed by atoms with Crippen LogP contribution >= 0.6 is 12.2 Å². The minimum absolute atomic E-state index is 0.610. The molecule has 0 spiro atoms. The number of aromatic nitrogens is 2. The molecule has 1 heterocycles. The van der Waals surface area contributed by atoms with Gasteiger partial charge >= 0.3 is 0 Å². The molecule has 0 amide bonds. The maximum atomic E-state index is 5.33. The lowest BCUT2D eigenvalue weighted by Gasteiger charge is -2.06. The van der Waals surface area contributed by atoms with E-state index in [0.717, 1.165) is 30.1 Å². The molecule has 0 saturated heterocycles. The van der Waals surface area contributed by atoms with Crippen LogP contribution in [0.3, 0.4) is 0 Å². The molecule has 0 atom stereocenters. The van der Waals surface area contributed by atoms with E-state index < -0.39 is 0 Å². The van der Waals surface area contributed by atoms with Crippen molar-refractivity contribution in [1.29, 1.82) is 0 Å². The molecule has 1 aromatic carbocycles. The number of nitrogens with zero attached hydrogens (tertiary/aromatic N) is 1. The third-order valence-electron chi connectivity index (χ3n) is 2.56. The Morgan fingerprint density at radius 3 is 2.78 bits per heavy atom. The predicted octanol–water partition coefficient (Wildman–Crippen LogP) is 3.39. The molecule has 0 radical (unpaired) electrons. The fourth-order valence-electron chi connectivity index (χ4n) is 1.71. The first-order chi connectivity index (χ1) is 8.79. The van der Waals surface area contributed by atoms with Gasteiger partial charge in [0.25, 0.3) is 0 Å². The lowest BCUT2D eigenvalue weighted by Crippen LogP contribution is -2.03. The summed E-state index contributed by atoms with van der Waals surface area (Å²) in [6.07, 6.45) is 0.748. The first-order valence-corrected chi connectivity index (χ1v) is 6.44. The van der Waals surface area contributed by atoms with Crippen LogP contribution in [0.1, 0.15) is 12.7 Å². The Morgan fingerprint density at radius 2 is 2.06 bits per heavy atom. The van der Waals surface area contributed by atoms with E-state index in [0.29, 0.717) is 11.2 Å². The quantitative estimate of drug-likeness (QED) is 0.661. The Morgan fingerprint density at radius 1 is 1.28 bits per heavy atom. The highest BCUT2D eigenvalue weighted by Crippen LogP contribution is 2.16. The first kappa shape index (κ1) is 12.9. The van der Waals surface area contributed by atoms with E-state index in [1.165, 1.54) is 0 Å². The van der Waals surface area contributed by atoms with Crippen molar-refractivity contribution in [2.24, 2.45) is 0 Å². The Hall–Kier alpha value is -1.52. The van der Waals surface area contributed by atoms with Gasteiger partial charge in [-0.15, -0.1) is 0 Å². The van der Waals surface area contributed by atoms with Crippen LogP contribution in [0.5, 0.6) is 0 Å². The topological polar surface area (TPSA) is 37.9 Å². The van der Waals surface area contributed by atoms with E-state index in [1.54, 1.807) is 0 Å².